The van der Waals surface area contributed by atoms with Crippen LogP contribution >= 0.6 is 0 Å². The van der Waals surface area contributed by atoms with Crippen LogP contribution in [0.5, 0.6) is 0 Å². The van der Waals surface area contributed by atoms with E-state index in [1.54, 1.807) is 0 Å². The van der Waals surface area contributed by atoms with E-state index in [1.165, 1.54) is 218 Å². The number of aliphatic carboxylic acids is 1. The SMILES string of the molecule is CCCCCCCCCCCCCCCCCCCCCCCCCCCCCCCCCCCC(=O)NC(COC1OC(CO)C(OC2OC(CO)C(O)C(OC3(C(=O)O)CC(O)C(NC(C)=O)C(C(O)C(O)CO)O3)C2O)C(O)C1O)C(O)CCCCCCCCCCCC. The maximum Gasteiger partial charge on any atom is 0.364 e. The molecule has 3 saturated heterocycles. The Kier molecular flexibility index (Phi) is 49.9. The number of carboxylic acid groups (broad SMARTS) is 1. The molecule has 3 aliphatic heterocycles. The Morgan fingerprint density at radius 1 is 0.495 bits per heavy atom. The lowest BCUT2D eigenvalue weighted by Crippen LogP contribution is -2.70. The van der Waals surface area contributed by atoms with Crippen molar-refractivity contribution >= 4 is 17.8 Å². The number of amides is 2. The second kappa shape index (κ2) is 54.4. The first-order valence-corrected chi connectivity index (χ1v) is 38.9. The highest BCUT2D eigenvalue weighted by Gasteiger charge is 2.60. The number of unbranched alkanes of at least 4 members (excludes halogenated alkanes) is 41. The first-order chi connectivity index (χ1) is 46.9. The lowest BCUT2D eigenvalue weighted by Gasteiger charge is -2.50. The van der Waals surface area contributed by atoms with Gasteiger partial charge in [-0.05, 0) is 12.8 Å². The van der Waals surface area contributed by atoms with Gasteiger partial charge in [-0.25, -0.2) is 4.79 Å². The average Bonchev–Trinajstić information content (AvgIpc) is 0.777. The molecule has 14 N–H and O–H groups in total. The van der Waals surface area contributed by atoms with E-state index in [9.17, 15) is 75.7 Å². The molecule has 3 fully saturated rings. The average molecular weight is 1390 g/mol. The monoisotopic (exact) mass is 1390 g/mol. The standard InChI is InChI=1S/C74H140N2O21/c1-4-6-8-10-12-14-16-17-18-19-20-21-22-23-24-25-26-27-28-29-30-31-32-33-34-35-36-37-38-40-42-44-46-48-61(84)76-55(56(81)47-45-43-41-39-15-13-11-9-7-5-2)53-92-71-66(88)65(87)68(60(52-79)94-71)95-72-67(89)70(64(86)59(51-78)93-72)97-74(73(90)91)49-57(82)62(75-54(3)80)69(96-74)63(85)58(83)50-77/h55-60,62-72,77-79,81-83,85-89H,4-53H2,1-3H3,(H,75,80)(H,76,84)(H,90,91). The van der Waals surface area contributed by atoms with Crippen LogP contribution in [0.3, 0.4) is 0 Å². The van der Waals surface area contributed by atoms with Crippen LogP contribution in [0.15, 0.2) is 0 Å². The van der Waals surface area contributed by atoms with Gasteiger partial charge in [0.25, 0.3) is 5.79 Å². The topological polar surface area (TPSA) is 373 Å². The quantitative estimate of drug-likeness (QED) is 0.0252. The molecular weight excluding hydrogens is 1250 g/mol. The van der Waals surface area contributed by atoms with Crippen molar-refractivity contribution in [1.29, 1.82) is 0 Å². The Bertz CT molecular complexity index is 1950. The van der Waals surface area contributed by atoms with E-state index in [4.69, 9.17) is 28.4 Å². The van der Waals surface area contributed by atoms with Gasteiger partial charge in [-0.15, -0.1) is 0 Å². The molecule has 3 heterocycles. The third kappa shape index (κ3) is 35.7. The second-order valence-corrected chi connectivity index (χ2v) is 28.6. The fourth-order valence-corrected chi connectivity index (χ4v) is 13.9. The summed E-state index contributed by atoms with van der Waals surface area (Å²) in [6.07, 6.45) is 25.9. The van der Waals surface area contributed by atoms with Gasteiger partial charge < -0.3 is 100 Å². The maximum atomic E-state index is 13.5. The second-order valence-electron chi connectivity index (χ2n) is 28.6. The molecule has 0 saturated carbocycles. The Balaban J connectivity index is 1.42. The fraction of sp³-hybridized carbons (Fsp3) is 0.959. The van der Waals surface area contributed by atoms with E-state index in [1.807, 2.05) is 0 Å². The van der Waals surface area contributed by atoms with Gasteiger partial charge in [-0.2, -0.15) is 0 Å². The third-order valence-corrected chi connectivity index (χ3v) is 20.1. The summed E-state index contributed by atoms with van der Waals surface area (Å²) in [5.41, 5.74) is 0. The van der Waals surface area contributed by atoms with Crippen molar-refractivity contribution in [2.75, 3.05) is 26.4 Å². The zero-order chi connectivity index (χ0) is 71.1. The molecule has 3 rings (SSSR count). The van der Waals surface area contributed by atoms with E-state index in [0.29, 0.717) is 19.3 Å². The Morgan fingerprint density at radius 2 is 0.897 bits per heavy atom. The number of ether oxygens (including phenoxy) is 6. The van der Waals surface area contributed by atoms with Crippen LogP contribution < -0.4 is 10.6 Å². The molecule has 0 aromatic heterocycles. The van der Waals surface area contributed by atoms with Crippen LogP contribution in [0, 0.1) is 0 Å². The highest BCUT2D eigenvalue weighted by molar-refractivity contribution is 5.77. The van der Waals surface area contributed by atoms with Crippen molar-refractivity contribution in [1.82, 2.24) is 10.6 Å². The van der Waals surface area contributed by atoms with Gasteiger partial charge in [0.2, 0.25) is 11.8 Å². The number of rotatable bonds is 61. The Hall–Kier alpha value is -2.27. The lowest BCUT2D eigenvalue weighted by molar-refractivity contribution is -0.386. The minimum atomic E-state index is -3.08. The molecule has 0 aromatic carbocycles. The van der Waals surface area contributed by atoms with Crippen molar-refractivity contribution < 1.29 is 104 Å². The molecule has 0 aromatic rings. The van der Waals surface area contributed by atoms with Gasteiger partial charge in [0.1, 0.15) is 67.1 Å². The molecule has 0 aliphatic carbocycles. The predicted molar refractivity (Wildman–Crippen MR) is 371 cm³/mol. The molecule has 23 heteroatoms. The van der Waals surface area contributed by atoms with Crippen LogP contribution in [-0.2, 0) is 42.8 Å². The van der Waals surface area contributed by atoms with Crippen molar-refractivity contribution in [2.45, 2.75) is 426 Å². The van der Waals surface area contributed by atoms with Crippen LogP contribution in [0.25, 0.3) is 0 Å². The minimum absolute atomic E-state index is 0.229. The summed E-state index contributed by atoms with van der Waals surface area (Å²) in [7, 11) is 0. The Labute approximate surface area is 582 Å². The van der Waals surface area contributed by atoms with Crippen molar-refractivity contribution in [3.63, 3.8) is 0 Å². The number of carboxylic acids is 1. The molecule has 0 radical (unpaired) electrons. The molecule has 3 aliphatic rings. The van der Waals surface area contributed by atoms with Gasteiger partial charge in [0.15, 0.2) is 12.6 Å². The fourth-order valence-electron chi connectivity index (χ4n) is 13.9. The molecule has 2 amide bonds. The van der Waals surface area contributed by atoms with Gasteiger partial charge in [-0.1, -0.05) is 284 Å². The maximum absolute atomic E-state index is 13.5. The van der Waals surface area contributed by atoms with Gasteiger partial charge in [0, 0.05) is 19.8 Å². The Morgan fingerprint density at radius 3 is 1.29 bits per heavy atom. The highest BCUT2D eigenvalue weighted by atomic mass is 16.8. The van der Waals surface area contributed by atoms with Crippen molar-refractivity contribution in [3.8, 4) is 0 Å². The molecule has 0 bridgehead atoms. The lowest BCUT2D eigenvalue weighted by atomic mass is 9.88. The summed E-state index contributed by atoms with van der Waals surface area (Å²) in [6.45, 7) is 2.21. The van der Waals surface area contributed by atoms with Gasteiger partial charge >= 0.3 is 5.97 Å². The number of aliphatic hydroxyl groups excluding tert-OH is 11. The van der Waals surface area contributed by atoms with Crippen molar-refractivity contribution in [2.24, 2.45) is 0 Å². The summed E-state index contributed by atoms with van der Waals surface area (Å²) in [4.78, 5) is 38.6. The molecule has 0 spiro atoms. The molecule has 572 valence electrons. The normalized spacial score (nSPS) is 27.3. The molecular formula is C74H140N2O21. The summed E-state index contributed by atoms with van der Waals surface area (Å²) in [6, 6.07) is -2.52. The zero-order valence-electron chi connectivity index (χ0n) is 60.2. The number of hydrogen-bond acceptors (Lipinski definition) is 20. The smallest absolute Gasteiger partial charge is 0.364 e. The third-order valence-electron chi connectivity index (χ3n) is 20.1. The van der Waals surface area contributed by atoms with Crippen LogP contribution in [0.1, 0.15) is 316 Å². The summed E-state index contributed by atoms with van der Waals surface area (Å²) in [5.74, 6) is -6.09. The number of hydrogen-bond donors (Lipinski definition) is 14. The number of nitrogens with one attached hydrogen (secondary N) is 2. The van der Waals surface area contributed by atoms with Gasteiger partial charge in [0.05, 0.1) is 50.7 Å². The molecule has 97 heavy (non-hydrogen) atoms. The summed E-state index contributed by atoms with van der Waals surface area (Å²) < 4.78 is 34.8. The van der Waals surface area contributed by atoms with Crippen LogP contribution in [0.4, 0.5) is 0 Å². The number of aliphatic hydroxyl groups is 11. The molecule has 18 unspecified atom stereocenters. The van der Waals surface area contributed by atoms with Crippen LogP contribution in [0.2, 0.25) is 0 Å². The van der Waals surface area contributed by atoms with Crippen molar-refractivity contribution in [3.05, 3.63) is 0 Å². The predicted octanol–water partition coefficient (Wildman–Crippen LogP) is 9.24. The molecule has 18 atom stereocenters. The number of carbonyl (C=O) groups is 3. The van der Waals surface area contributed by atoms with E-state index in [2.05, 4.69) is 24.5 Å². The first kappa shape index (κ1) is 88.9. The zero-order valence-corrected chi connectivity index (χ0v) is 60.2. The molecule has 23 nitrogen and oxygen atoms in total. The minimum Gasteiger partial charge on any atom is -0.477 e. The highest BCUT2D eigenvalue weighted by Crippen LogP contribution is 2.39. The summed E-state index contributed by atoms with van der Waals surface area (Å²) >= 11 is 0. The first-order valence-electron chi connectivity index (χ1n) is 38.9. The largest absolute Gasteiger partial charge is 0.477 e. The van der Waals surface area contributed by atoms with E-state index in [-0.39, 0.29) is 18.9 Å². The summed E-state index contributed by atoms with van der Waals surface area (Å²) in [5, 5.41) is 136. The van der Waals surface area contributed by atoms with E-state index < -0.39 is 148 Å². The van der Waals surface area contributed by atoms with Crippen LogP contribution in [-0.4, -0.2) is 215 Å². The van der Waals surface area contributed by atoms with Gasteiger partial charge in [-0.3, -0.25) is 9.59 Å². The van der Waals surface area contributed by atoms with E-state index >= 15 is 0 Å². The number of carbonyl (C=O) groups excluding carboxylic acids is 2. The van der Waals surface area contributed by atoms with E-state index in [0.717, 1.165) is 51.9 Å².